The van der Waals surface area contributed by atoms with Crippen molar-refractivity contribution in [3.8, 4) is 0 Å². The van der Waals surface area contributed by atoms with E-state index in [1.165, 1.54) is 12.1 Å². The molecule has 0 radical (unpaired) electrons. The van der Waals surface area contributed by atoms with Gasteiger partial charge in [-0.1, -0.05) is 46.4 Å². The number of halogens is 4. The summed E-state index contributed by atoms with van der Waals surface area (Å²) in [5.41, 5.74) is 2.26. The number of aromatic nitrogens is 2. The smallest absolute Gasteiger partial charge is 0.269 e. The minimum Gasteiger partial charge on any atom is -0.269 e. The summed E-state index contributed by atoms with van der Waals surface area (Å²) >= 11 is 0. The van der Waals surface area contributed by atoms with Crippen molar-refractivity contribution >= 4 is 5.57 Å². The molecule has 1 aliphatic rings. The van der Waals surface area contributed by atoms with Crippen LogP contribution in [-0.2, 0) is 13.0 Å². The monoisotopic (exact) mass is 408 g/mol. The van der Waals surface area contributed by atoms with Crippen LogP contribution in [0.4, 0.5) is 17.6 Å². The van der Waals surface area contributed by atoms with E-state index in [-0.39, 0.29) is 17.7 Å². The molecular formula is C23H28F4N2. The highest BCUT2D eigenvalue weighted by molar-refractivity contribution is 5.67. The molecule has 1 aromatic heterocycles. The number of hydrogen-bond donors (Lipinski definition) is 0. The van der Waals surface area contributed by atoms with Gasteiger partial charge in [-0.05, 0) is 54.2 Å². The molecule has 2 aromatic rings. The average Bonchev–Trinajstić information content (AvgIpc) is 3.23. The molecule has 29 heavy (non-hydrogen) atoms. The third kappa shape index (κ3) is 5.58. The van der Waals surface area contributed by atoms with Crippen LogP contribution in [0.25, 0.3) is 5.57 Å². The molecule has 0 amide bonds. The molecule has 0 bridgehead atoms. The Hall–Kier alpha value is -2.37. The van der Waals surface area contributed by atoms with Crippen LogP contribution in [0.5, 0.6) is 0 Å². The van der Waals surface area contributed by atoms with Gasteiger partial charge in [-0.2, -0.15) is 18.3 Å². The first kappa shape index (κ1) is 22.9. The highest BCUT2D eigenvalue weighted by atomic mass is 19.4. The van der Waals surface area contributed by atoms with Gasteiger partial charge >= 0.3 is 6.18 Å². The fraction of sp³-hybridized carbons (Fsp3) is 0.435. The van der Waals surface area contributed by atoms with E-state index in [0.29, 0.717) is 11.3 Å². The summed E-state index contributed by atoms with van der Waals surface area (Å²) in [6.45, 7) is 11.6. The van der Waals surface area contributed by atoms with Crippen LogP contribution in [0.3, 0.4) is 0 Å². The number of benzene rings is 1. The zero-order valence-corrected chi connectivity index (χ0v) is 17.4. The van der Waals surface area contributed by atoms with E-state index < -0.39 is 11.7 Å². The number of aryl methyl sites for hydroxylation is 1. The van der Waals surface area contributed by atoms with Crippen molar-refractivity contribution in [2.45, 2.75) is 59.2 Å². The summed E-state index contributed by atoms with van der Waals surface area (Å²) in [6.07, 6.45) is -1.69. The predicted molar refractivity (Wildman–Crippen MR) is 109 cm³/mol. The van der Waals surface area contributed by atoms with Gasteiger partial charge < -0.3 is 0 Å². The Morgan fingerprint density at radius 3 is 2.41 bits per heavy atom. The Kier molecular flexibility index (Phi) is 7.44. The van der Waals surface area contributed by atoms with Crippen LogP contribution in [0.2, 0.25) is 0 Å². The quantitative estimate of drug-likeness (QED) is 0.387. The number of allylic oxidation sites excluding steroid dienone is 3. The predicted octanol–water partition coefficient (Wildman–Crippen LogP) is 6.94. The average molecular weight is 408 g/mol. The molecule has 0 aliphatic carbocycles. The number of alkyl halides is 3. The molecule has 2 heterocycles. The summed E-state index contributed by atoms with van der Waals surface area (Å²) in [6, 6.07) is 8.30. The summed E-state index contributed by atoms with van der Waals surface area (Å²) in [5.74, 6) is -0.166. The van der Waals surface area contributed by atoms with Gasteiger partial charge in [-0.25, -0.2) is 4.39 Å². The van der Waals surface area contributed by atoms with Gasteiger partial charge in [0.1, 0.15) is 5.82 Å². The lowest BCUT2D eigenvalue weighted by atomic mass is 9.93. The van der Waals surface area contributed by atoms with Crippen LogP contribution in [0.1, 0.15) is 57.0 Å². The molecule has 0 fully saturated rings. The SMILES string of the molecule is C=C(/C=C(/c1cc2n(n1)CCC2Cc1ccc(F)cc1)C(C)C)C(F)(F)F.CC. The molecule has 1 aliphatic heterocycles. The van der Waals surface area contributed by atoms with Gasteiger partial charge in [0, 0.05) is 23.7 Å². The summed E-state index contributed by atoms with van der Waals surface area (Å²) in [5, 5.41) is 4.53. The summed E-state index contributed by atoms with van der Waals surface area (Å²) < 4.78 is 53.6. The Bertz CT molecular complexity index is 858. The van der Waals surface area contributed by atoms with Gasteiger partial charge in [-0.15, -0.1) is 0 Å². The van der Waals surface area contributed by atoms with Crippen molar-refractivity contribution < 1.29 is 17.6 Å². The largest absolute Gasteiger partial charge is 0.415 e. The van der Waals surface area contributed by atoms with E-state index in [1.807, 2.05) is 38.4 Å². The molecule has 6 heteroatoms. The zero-order chi connectivity index (χ0) is 21.8. The number of hydrogen-bond acceptors (Lipinski definition) is 1. The topological polar surface area (TPSA) is 17.8 Å². The van der Waals surface area contributed by atoms with Gasteiger partial charge in [-0.3, -0.25) is 4.68 Å². The van der Waals surface area contributed by atoms with E-state index >= 15 is 0 Å². The maximum atomic E-state index is 13.1. The van der Waals surface area contributed by atoms with Gasteiger partial charge in [0.2, 0.25) is 0 Å². The first-order chi connectivity index (χ1) is 13.6. The van der Waals surface area contributed by atoms with Crippen molar-refractivity contribution in [2.24, 2.45) is 5.92 Å². The van der Waals surface area contributed by atoms with Crippen molar-refractivity contribution in [3.05, 3.63) is 71.3 Å². The first-order valence-corrected chi connectivity index (χ1v) is 9.95. The van der Waals surface area contributed by atoms with Crippen LogP contribution in [0.15, 0.2) is 48.6 Å². The normalized spacial score (nSPS) is 16.4. The molecule has 1 unspecified atom stereocenters. The van der Waals surface area contributed by atoms with Crippen LogP contribution < -0.4 is 0 Å². The maximum Gasteiger partial charge on any atom is 0.415 e. The highest BCUT2D eigenvalue weighted by Gasteiger charge is 2.32. The van der Waals surface area contributed by atoms with Crippen LogP contribution in [0, 0.1) is 11.7 Å². The summed E-state index contributed by atoms with van der Waals surface area (Å²) in [4.78, 5) is 0. The zero-order valence-electron chi connectivity index (χ0n) is 17.4. The molecular weight excluding hydrogens is 380 g/mol. The summed E-state index contributed by atoms with van der Waals surface area (Å²) in [7, 11) is 0. The molecule has 1 atom stereocenters. The lowest BCUT2D eigenvalue weighted by Crippen LogP contribution is -2.10. The fourth-order valence-electron chi connectivity index (χ4n) is 3.42. The van der Waals surface area contributed by atoms with Gasteiger partial charge in [0.05, 0.1) is 5.69 Å². The molecule has 158 valence electrons. The van der Waals surface area contributed by atoms with E-state index in [2.05, 4.69) is 11.7 Å². The van der Waals surface area contributed by atoms with Crippen molar-refractivity contribution in [1.82, 2.24) is 9.78 Å². The molecule has 0 saturated heterocycles. The van der Waals surface area contributed by atoms with E-state index in [9.17, 15) is 17.6 Å². The van der Waals surface area contributed by atoms with Crippen molar-refractivity contribution in [1.29, 1.82) is 0 Å². The highest BCUT2D eigenvalue weighted by Crippen LogP contribution is 2.36. The number of rotatable bonds is 5. The molecule has 0 spiro atoms. The third-order valence-corrected chi connectivity index (χ3v) is 4.93. The lowest BCUT2D eigenvalue weighted by molar-refractivity contribution is -0.0877. The van der Waals surface area contributed by atoms with E-state index in [4.69, 9.17) is 0 Å². The second-order valence-electron chi connectivity index (χ2n) is 7.27. The minimum absolute atomic E-state index is 0.115. The van der Waals surface area contributed by atoms with E-state index in [0.717, 1.165) is 36.7 Å². The van der Waals surface area contributed by atoms with Gasteiger partial charge in [0.25, 0.3) is 0 Å². The molecule has 0 saturated carbocycles. The fourth-order valence-corrected chi connectivity index (χ4v) is 3.42. The molecule has 0 N–H and O–H groups in total. The van der Waals surface area contributed by atoms with Gasteiger partial charge in [0.15, 0.2) is 0 Å². The Morgan fingerprint density at radius 1 is 1.24 bits per heavy atom. The first-order valence-electron chi connectivity index (χ1n) is 9.95. The second kappa shape index (κ2) is 9.42. The number of fused-ring (bicyclic) bond motifs is 1. The van der Waals surface area contributed by atoms with Crippen LogP contribution in [-0.4, -0.2) is 16.0 Å². The van der Waals surface area contributed by atoms with E-state index in [1.54, 1.807) is 12.1 Å². The van der Waals surface area contributed by atoms with Crippen molar-refractivity contribution in [2.75, 3.05) is 0 Å². The Balaban J connectivity index is 0.00000145. The second-order valence-corrected chi connectivity index (χ2v) is 7.27. The maximum absolute atomic E-state index is 13.1. The van der Waals surface area contributed by atoms with Crippen molar-refractivity contribution in [3.63, 3.8) is 0 Å². The number of nitrogens with zero attached hydrogens (tertiary/aromatic N) is 2. The Labute approximate surface area is 169 Å². The Morgan fingerprint density at radius 2 is 1.86 bits per heavy atom. The standard InChI is InChI=1S/C21H22F4N2.C2H6/c1-13(2)18(10-14(3)21(23,24)25)19-12-20-16(8-9-27(20)26-19)11-15-4-6-17(22)7-5-15;1-2/h4-7,10,12-13,16H,3,8-9,11H2,1-2H3;1-2H3/b18-10+;. The lowest BCUT2D eigenvalue weighted by Gasteiger charge is -2.12. The minimum atomic E-state index is -4.45. The third-order valence-electron chi connectivity index (χ3n) is 4.93. The molecule has 1 aromatic carbocycles. The molecule has 2 nitrogen and oxygen atoms in total. The van der Waals surface area contributed by atoms with Crippen LogP contribution >= 0.6 is 0 Å². The molecule has 3 rings (SSSR count).